The lowest BCUT2D eigenvalue weighted by molar-refractivity contribution is 0.573. The summed E-state index contributed by atoms with van der Waals surface area (Å²) < 4.78 is 0. The SMILES string of the molecule is S=C(NCc1ccccc1Cl)Nc1nc(Cl)cc(N2CCCCC2)n1. The summed E-state index contributed by atoms with van der Waals surface area (Å²) >= 11 is 17.6. The predicted molar refractivity (Wildman–Crippen MR) is 108 cm³/mol. The highest BCUT2D eigenvalue weighted by molar-refractivity contribution is 7.80. The van der Waals surface area contributed by atoms with Crippen LogP contribution in [0.15, 0.2) is 30.3 Å². The first-order chi connectivity index (χ1) is 12.1. The summed E-state index contributed by atoms with van der Waals surface area (Å²) in [4.78, 5) is 11.0. The van der Waals surface area contributed by atoms with Crippen LogP contribution in [0.5, 0.6) is 0 Å². The quantitative estimate of drug-likeness (QED) is 0.595. The van der Waals surface area contributed by atoms with Gasteiger partial charge in [-0.25, -0.2) is 4.98 Å². The Balaban J connectivity index is 1.62. The van der Waals surface area contributed by atoms with Gasteiger partial charge in [0.05, 0.1) is 0 Å². The Morgan fingerprint density at radius 2 is 1.88 bits per heavy atom. The van der Waals surface area contributed by atoms with E-state index in [0.29, 0.717) is 27.8 Å². The maximum absolute atomic E-state index is 6.15. The Labute approximate surface area is 162 Å². The van der Waals surface area contributed by atoms with Crippen molar-refractivity contribution in [1.82, 2.24) is 15.3 Å². The lowest BCUT2D eigenvalue weighted by Gasteiger charge is -2.27. The molecule has 132 valence electrons. The molecule has 2 aromatic rings. The molecule has 0 amide bonds. The van der Waals surface area contributed by atoms with Crippen molar-refractivity contribution in [2.75, 3.05) is 23.3 Å². The van der Waals surface area contributed by atoms with Gasteiger partial charge in [0.2, 0.25) is 5.95 Å². The van der Waals surface area contributed by atoms with E-state index in [0.717, 1.165) is 24.5 Å². The highest BCUT2D eigenvalue weighted by atomic mass is 35.5. The number of aromatic nitrogens is 2. The number of rotatable bonds is 4. The van der Waals surface area contributed by atoms with Crippen molar-refractivity contribution < 1.29 is 0 Å². The number of hydrogen-bond acceptors (Lipinski definition) is 4. The Morgan fingerprint density at radius 3 is 2.64 bits per heavy atom. The molecular weight excluding hydrogens is 377 g/mol. The molecule has 0 aliphatic carbocycles. The van der Waals surface area contributed by atoms with Crippen LogP contribution in [0.3, 0.4) is 0 Å². The average molecular weight is 396 g/mol. The van der Waals surface area contributed by atoms with E-state index >= 15 is 0 Å². The lowest BCUT2D eigenvalue weighted by Crippen LogP contribution is -2.31. The van der Waals surface area contributed by atoms with Gasteiger partial charge in [-0.15, -0.1) is 0 Å². The molecule has 0 saturated carbocycles. The van der Waals surface area contributed by atoms with E-state index in [9.17, 15) is 0 Å². The van der Waals surface area contributed by atoms with Crippen LogP contribution < -0.4 is 15.5 Å². The van der Waals surface area contributed by atoms with Crippen molar-refractivity contribution in [3.63, 3.8) is 0 Å². The zero-order valence-electron chi connectivity index (χ0n) is 13.6. The number of anilines is 2. The molecule has 0 bridgehead atoms. The molecule has 1 aliphatic heterocycles. The van der Waals surface area contributed by atoms with Crippen molar-refractivity contribution >= 4 is 52.3 Å². The Morgan fingerprint density at radius 1 is 1.12 bits per heavy atom. The standard InChI is InChI=1S/C17H19Cl2N5S/c18-13-7-3-2-6-12(13)11-20-17(25)23-16-21-14(19)10-15(22-16)24-8-4-1-5-9-24/h2-3,6-7,10H,1,4-5,8-9,11H2,(H2,20,21,22,23,25). The fraction of sp³-hybridized carbons (Fsp3) is 0.353. The van der Waals surface area contributed by atoms with Crippen LogP contribution in [-0.4, -0.2) is 28.2 Å². The van der Waals surface area contributed by atoms with Gasteiger partial charge in [0.1, 0.15) is 11.0 Å². The van der Waals surface area contributed by atoms with Crippen LogP contribution in [0.1, 0.15) is 24.8 Å². The number of nitrogens with zero attached hydrogens (tertiary/aromatic N) is 3. The zero-order chi connectivity index (χ0) is 17.6. The summed E-state index contributed by atoms with van der Waals surface area (Å²) in [5.41, 5.74) is 0.967. The molecule has 0 spiro atoms. The Kier molecular flexibility index (Phi) is 6.29. The van der Waals surface area contributed by atoms with Crippen LogP contribution in [0.4, 0.5) is 11.8 Å². The second-order valence-corrected chi connectivity index (χ2v) is 7.02. The molecule has 1 aromatic heterocycles. The zero-order valence-corrected chi connectivity index (χ0v) is 16.0. The van der Waals surface area contributed by atoms with Crippen molar-refractivity contribution in [2.24, 2.45) is 0 Å². The van der Waals surface area contributed by atoms with Crippen molar-refractivity contribution in [3.8, 4) is 0 Å². The molecule has 1 aliphatic rings. The molecule has 0 unspecified atom stereocenters. The third-order valence-electron chi connectivity index (χ3n) is 3.98. The second kappa shape index (κ2) is 8.65. The second-order valence-electron chi connectivity index (χ2n) is 5.82. The van der Waals surface area contributed by atoms with Gasteiger partial charge < -0.3 is 15.5 Å². The molecule has 1 aromatic carbocycles. The van der Waals surface area contributed by atoms with Gasteiger partial charge in [0.15, 0.2) is 5.11 Å². The number of thiocarbonyl (C=S) groups is 1. The molecule has 2 N–H and O–H groups in total. The van der Waals surface area contributed by atoms with E-state index in [1.807, 2.05) is 24.3 Å². The minimum atomic E-state index is 0.393. The molecular formula is C17H19Cl2N5S. The van der Waals surface area contributed by atoms with Gasteiger partial charge in [-0.3, -0.25) is 0 Å². The first-order valence-corrected chi connectivity index (χ1v) is 9.36. The lowest BCUT2D eigenvalue weighted by atomic mass is 10.1. The molecule has 5 nitrogen and oxygen atoms in total. The van der Waals surface area contributed by atoms with Crippen LogP contribution >= 0.6 is 35.4 Å². The molecule has 25 heavy (non-hydrogen) atoms. The van der Waals surface area contributed by atoms with Crippen LogP contribution in [0, 0.1) is 0 Å². The van der Waals surface area contributed by atoms with Gasteiger partial charge in [0, 0.05) is 30.7 Å². The van der Waals surface area contributed by atoms with E-state index in [4.69, 9.17) is 35.4 Å². The number of halogens is 2. The molecule has 2 heterocycles. The summed E-state index contributed by atoms with van der Waals surface area (Å²) in [7, 11) is 0. The predicted octanol–water partition coefficient (Wildman–Crippen LogP) is 4.26. The molecule has 3 rings (SSSR count). The minimum Gasteiger partial charge on any atom is -0.358 e. The van der Waals surface area contributed by atoms with E-state index in [1.54, 1.807) is 6.07 Å². The summed E-state index contributed by atoms with van der Waals surface area (Å²) in [6.07, 6.45) is 3.60. The van der Waals surface area contributed by atoms with Crippen LogP contribution in [-0.2, 0) is 6.54 Å². The van der Waals surface area contributed by atoms with Gasteiger partial charge in [-0.2, -0.15) is 4.98 Å². The topological polar surface area (TPSA) is 53.1 Å². The molecule has 0 radical (unpaired) electrons. The molecule has 0 atom stereocenters. The molecule has 1 saturated heterocycles. The van der Waals surface area contributed by atoms with Crippen LogP contribution in [0.25, 0.3) is 0 Å². The molecule has 8 heteroatoms. The third kappa shape index (κ3) is 5.17. The van der Waals surface area contributed by atoms with Gasteiger partial charge in [-0.1, -0.05) is 41.4 Å². The summed E-state index contributed by atoms with van der Waals surface area (Å²) in [6, 6.07) is 9.41. The fourth-order valence-corrected chi connectivity index (χ4v) is 3.25. The Bertz CT molecular complexity index is 750. The monoisotopic (exact) mass is 395 g/mol. The van der Waals surface area contributed by atoms with Crippen molar-refractivity contribution in [3.05, 3.63) is 46.1 Å². The van der Waals surface area contributed by atoms with Crippen molar-refractivity contribution in [2.45, 2.75) is 25.8 Å². The minimum absolute atomic E-state index is 0.393. The maximum atomic E-state index is 6.15. The van der Waals surface area contributed by atoms with Crippen molar-refractivity contribution in [1.29, 1.82) is 0 Å². The normalized spacial score (nSPS) is 14.2. The Hall–Kier alpha value is -1.63. The smallest absolute Gasteiger partial charge is 0.232 e. The van der Waals surface area contributed by atoms with Crippen LogP contribution in [0.2, 0.25) is 10.2 Å². The van der Waals surface area contributed by atoms with E-state index in [-0.39, 0.29) is 0 Å². The van der Waals surface area contributed by atoms with E-state index in [2.05, 4.69) is 25.5 Å². The highest BCUT2D eigenvalue weighted by Gasteiger charge is 2.14. The van der Waals surface area contributed by atoms with E-state index in [1.165, 1.54) is 19.3 Å². The number of nitrogens with one attached hydrogen (secondary N) is 2. The summed E-state index contributed by atoms with van der Waals surface area (Å²) in [5.74, 6) is 1.22. The van der Waals surface area contributed by atoms with Gasteiger partial charge >= 0.3 is 0 Å². The summed E-state index contributed by atoms with van der Waals surface area (Å²) in [5, 5.41) is 7.62. The highest BCUT2D eigenvalue weighted by Crippen LogP contribution is 2.22. The average Bonchev–Trinajstić information content (AvgIpc) is 2.61. The van der Waals surface area contributed by atoms with Gasteiger partial charge in [0.25, 0.3) is 0 Å². The van der Waals surface area contributed by atoms with E-state index < -0.39 is 0 Å². The fourth-order valence-electron chi connectivity index (χ4n) is 2.71. The first-order valence-electron chi connectivity index (χ1n) is 8.19. The largest absolute Gasteiger partial charge is 0.358 e. The number of hydrogen-bond donors (Lipinski definition) is 2. The maximum Gasteiger partial charge on any atom is 0.232 e. The first kappa shape index (κ1) is 18.2. The van der Waals surface area contributed by atoms with Gasteiger partial charge in [-0.05, 0) is 43.1 Å². The number of piperidine rings is 1. The summed E-state index contributed by atoms with van der Waals surface area (Å²) in [6.45, 7) is 2.50. The third-order valence-corrected chi connectivity index (χ3v) is 4.79. The molecule has 1 fully saturated rings. The number of benzene rings is 1.